The number of rotatable bonds is 6. The van der Waals surface area contributed by atoms with Crippen molar-refractivity contribution >= 4 is 25.7 Å². The largest absolute Gasteiger partial charge is 0.269 e. The minimum Gasteiger partial charge on any atom is -0.269 e. The van der Waals surface area contributed by atoms with Crippen molar-refractivity contribution in [1.29, 1.82) is 0 Å². The van der Waals surface area contributed by atoms with Crippen molar-refractivity contribution in [3.05, 3.63) is 29.8 Å². The van der Waals surface area contributed by atoms with Crippen LogP contribution in [0.2, 0.25) is 0 Å². The van der Waals surface area contributed by atoms with Gasteiger partial charge in [-0.25, -0.2) is 21.6 Å². The van der Waals surface area contributed by atoms with Gasteiger partial charge in [0.05, 0.1) is 18.2 Å². The number of sulfonamides is 2. The molecule has 126 valence electrons. The maximum Gasteiger partial charge on any atom is 0.232 e. The fourth-order valence-electron chi connectivity index (χ4n) is 1.95. The summed E-state index contributed by atoms with van der Waals surface area (Å²) in [6.07, 6.45) is 2.14. The van der Waals surface area contributed by atoms with E-state index in [9.17, 15) is 16.8 Å². The van der Waals surface area contributed by atoms with Crippen molar-refractivity contribution < 1.29 is 16.8 Å². The standard InChI is InChI=1S/C14H24N2O4S2/c1-14(2,3)12-6-8-13(9-7-12)16(22(5,19)20)11-10-15-21(4,17)18/h6-9,15H,10-11H2,1-5H3. The summed E-state index contributed by atoms with van der Waals surface area (Å²) < 4.78 is 49.5. The third-order valence-corrected chi connectivity index (χ3v) is 5.02. The van der Waals surface area contributed by atoms with E-state index < -0.39 is 20.0 Å². The van der Waals surface area contributed by atoms with Gasteiger partial charge in [0.25, 0.3) is 0 Å². The molecule has 6 nitrogen and oxygen atoms in total. The lowest BCUT2D eigenvalue weighted by molar-refractivity contribution is 0.582. The first-order valence-electron chi connectivity index (χ1n) is 6.83. The lowest BCUT2D eigenvalue weighted by atomic mass is 9.87. The summed E-state index contributed by atoms with van der Waals surface area (Å²) in [5.74, 6) is 0. The van der Waals surface area contributed by atoms with Gasteiger partial charge >= 0.3 is 0 Å². The maximum atomic E-state index is 11.9. The molecule has 1 aromatic carbocycles. The highest BCUT2D eigenvalue weighted by molar-refractivity contribution is 7.92. The molecule has 0 saturated carbocycles. The van der Waals surface area contributed by atoms with E-state index in [1.165, 1.54) is 4.31 Å². The number of benzene rings is 1. The van der Waals surface area contributed by atoms with Crippen LogP contribution in [-0.4, -0.2) is 42.4 Å². The monoisotopic (exact) mass is 348 g/mol. The lowest BCUT2D eigenvalue weighted by Gasteiger charge is -2.24. The lowest BCUT2D eigenvalue weighted by Crippen LogP contribution is -2.37. The van der Waals surface area contributed by atoms with Crippen LogP contribution < -0.4 is 9.03 Å². The zero-order valence-electron chi connectivity index (χ0n) is 13.6. The Kier molecular flexibility index (Phi) is 5.64. The maximum absolute atomic E-state index is 11.9. The van der Waals surface area contributed by atoms with Gasteiger partial charge in [-0.05, 0) is 23.1 Å². The van der Waals surface area contributed by atoms with Crippen LogP contribution in [0.1, 0.15) is 26.3 Å². The molecule has 1 aromatic rings. The van der Waals surface area contributed by atoms with Crippen LogP contribution in [0.15, 0.2) is 24.3 Å². The Morgan fingerprint density at radius 2 is 1.50 bits per heavy atom. The molecule has 0 fully saturated rings. The van der Waals surface area contributed by atoms with E-state index in [1.54, 1.807) is 12.1 Å². The van der Waals surface area contributed by atoms with Gasteiger partial charge in [-0.2, -0.15) is 0 Å². The SMILES string of the molecule is CC(C)(C)c1ccc(N(CCNS(C)(=O)=O)S(C)(=O)=O)cc1. The molecule has 0 aliphatic heterocycles. The smallest absolute Gasteiger partial charge is 0.232 e. The first-order chi connectivity index (χ1) is 9.81. The molecule has 0 unspecified atom stereocenters. The Morgan fingerprint density at radius 1 is 1.00 bits per heavy atom. The van der Waals surface area contributed by atoms with Crippen LogP contribution in [0.25, 0.3) is 0 Å². The molecule has 0 saturated heterocycles. The Hall–Kier alpha value is -1.12. The molecular weight excluding hydrogens is 324 g/mol. The number of anilines is 1. The Balaban J connectivity index is 2.99. The molecule has 0 heterocycles. The van der Waals surface area contributed by atoms with Crippen molar-refractivity contribution in [3.8, 4) is 0 Å². The third-order valence-electron chi connectivity index (χ3n) is 3.10. The molecule has 0 aliphatic rings. The molecule has 0 aromatic heterocycles. The van der Waals surface area contributed by atoms with Gasteiger partial charge in [-0.1, -0.05) is 32.9 Å². The van der Waals surface area contributed by atoms with Crippen LogP contribution in [0.3, 0.4) is 0 Å². The summed E-state index contributed by atoms with van der Waals surface area (Å²) >= 11 is 0. The molecule has 1 N–H and O–H groups in total. The Labute approximate surface area is 133 Å². The van der Waals surface area contributed by atoms with Crippen LogP contribution in [0, 0.1) is 0 Å². The highest BCUT2D eigenvalue weighted by atomic mass is 32.2. The average molecular weight is 348 g/mol. The number of hydrogen-bond acceptors (Lipinski definition) is 4. The van der Waals surface area contributed by atoms with Gasteiger partial charge in [0.1, 0.15) is 0 Å². The average Bonchev–Trinajstić information content (AvgIpc) is 2.31. The summed E-state index contributed by atoms with van der Waals surface area (Å²) in [6, 6.07) is 7.25. The molecule has 0 spiro atoms. The Morgan fingerprint density at radius 3 is 1.86 bits per heavy atom. The summed E-state index contributed by atoms with van der Waals surface area (Å²) in [5.41, 5.74) is 1.59. The molecule has 0 bridgehead atoms. The van der Waals surface area contributed by atoms with Crippen molar-refractivity contribution in [3.63, 3.8) is 0 Å². The van der Waals surface area contributed by atoms with E-state index in [0.29, 0.717) is 5.69 Å². The first-order valence-corrected chi connectivity index (χ1v) is 10.6. The van der Waals surface area contributed by atoms with Gasteiger partial charge in [0.2, 0.25) is 20.0 Å². The van der Waals surface area contributed by atoms with Crippen LogP contribution >= 0.6 is 0 Å². The summed E-state index contributed by atoms with van der Waals surface area (Å²) in [7, 11) is -6.83. The van der Waals surface area contributed by atoms with Gasteiger partial charge in [-0.15, -0.1) is 0 Å². The minimum absolute atomic E-state index is 0.0208. The first kappa shape index (κ1) is 18.9. The second kappa shape index (κ2) is 6.55. The van der Waals surface area contributed by atoms with E-state index in [-0.39, 0.29) is 18.5 Å². The third kappa shape index (κ3) is 5.94. The van der Waals surface area contributed by atoms with E-state index >= 15 is 0 Å². The second-order valence-corrected chi connectivity index (χ2v) is 10.0. The predicted molar refractivity (Wildman–Crippen MR) is 90.2 cm³/mol. The Bertz CT molecular complexity index is 702. The fraction of sp³-hybridized carbons (Fsp3) is 0.571. The molecule has 0 aliphatic carbocycles. The highest BCUT2D eigenvalue weighted by Crippen LogP contribution is 2.25. The molecule has 0 amide bonds. The topological polar surface area (TPSA) is 83.6 Å². The highest BCUT2D eigenvalue weighted by Gasteiger charge is 2.19. The molecule has 1 rings (SSSR count). The zero-order chi connectivity index (χ0) is 17.2. The van der Waals surface area contributed by atoms with E-state index in [4.69, 9.17) is 0 Å². The fourth-order valence-corrected chi connectivity index (χ4v) is 3.34. The summed E-state index contributed by atoms with van der Waals surface area (Å²) in [6.45, 7) is 6.29. The van der Waals surface area contributed by atoms with E-state index in [2.05, 4.69) is 25.5 Å². The normalized spacial score (nSPS) is 13.1. The van der Waals surface area contributed by atoms with Gasteiger partial charge in [0, 0.05) is 13.1 Å². The van der Waals surface area contributed by atoms with Crippen molar-refractivity contribution in [1.82, 2.24) is 4.72 Å². The van der Waals surface area contributed by atoms with Crippen molar-refractivity contribution in [2.75, 3.05) is 29.9 Å². The number of hydrogen-bond donors (Lipinski definition) is 1. The number of nitrogens with zero attached hydrogens (tertiary/aromatic N) is 1. The van der Waals surface area contributed by atoms with Crippen LogP contribution in [-0.2, 0) is 25.5 Å². The van der Waals surface area contributed by atoms with Crippen molar-refractivity contribution in [2.45, 2.75) is 26.2 Å². The van der Waals surface area contributed by atoms with Gasteiger partial charge in [0.15, 0.2) is 0 Å². The molecule has 0 atom stereocenters. The van der Waals surface area contributed by atoms with Gasteiger partial charge < -0.3 is 0 Å². The predicted octanol–water partition coefficient (Wildman–Crippen LogP) is 1.30. The molecule has 8 heteroatoms. The summed E-state index contributed by atoms with van der Waals surface area (Å²) in [5, 5.41) is 0. The van der Waals surface area contributed by atoms with Crippen molar-refractivity contribution in [2.24, 2.45) is 0 Å². The van der Waals surface area contributed by atoms with E-state index in [1.807, 2.05) is 12.1 Å². The minimum atomic E-state index is -3.49. The van der Waals surface area contributed by atoms with Gasteiger partial charge in [-0.3, -0.25) is 4.31 Å². The molecule has 0 radical (unpaired) electrons. The van der Waals surface area contributed by atoms with Crippen LogP contribution in [0.5, 0.6) is 0 Å². The van der Waals surface area contributed by atoms with Crippen LogP contribution in [0.4, 0.5) is 5.69 Å². The second-order valence-electron chi connectivity index (χ2n) is 6.30. The zero-order valence-corrected chi connectivity index (χ0v) is 15.3. The quantitative estimate of drug-likeness (QED) is 0.840. The molecular formula is C14H24N2O4S2. The number of nitrogens with one attached hydrogen (secondary N) is 1. The molecule has 22 heavy (non-hydrogen) atoms. The summed E-state index contributed by atoms with van der Waals surface area (Å²) in [4.78, 5) is 0. The van der Waals surface area contributed by atoms with E-state index in [0.717, 1.165) is 18.1 Å².